The lowest BCUT2D eigenvalue weighted by Gasteiger charge is -2.23. The molecule has 0 aliphatic rings. The summed E-state index contributed by atoms with van der Waals surface area (Å²) in [4.78, 5) is 12.3. The van der Waals surface area contributed by atoms with Gasteiger partial charge in [-0.15, -0.1) is 0 Å². The van der Waals surface area contributed by atoms with Crippen LogP contribution in [-0.4, -0.2) is 47.6 Å². The van der Waals surface area contributed by atoms with Crippen LogP contribution in [0.15, 0.2) is 41.5 Å². The summed E-state index contributed by atoms with van der Waals surface area (Å²) >= 11 is 11.9. The molecule has 0 aliphatic heterocycles. The van der Waals surface area contributed by atoms with Gasteiger partial charge < -0.3 is 9.47 Å². The van der Waals surface area contributed by atoms with Crippen molar-refractivity contribution in [3.05, 3.63) is 52.0 Å². The molecule has 1 N–H and O–H groups in total. The Morgan fingerprint density at radius 2 is 1.90 bits per heavy atom. The lowest BCUT2D eigenvalue weighted by atomic mass is 10.2. The van der Waals surface area contributed by atoms with E-state index in [2.05, 4.69) is 10.5 Å². The average molecular weight is 460 g/mol. The molecule has 2 rings (SSSR count). The van der Waals surface area contributed by atoms with Gasteiger partial charge in [0.15, 0.2) is 0 Å². The Morgan fingerprint density at radius 1 is 1.17 bits per heavy atom. The van der Waals surface area contributed by atoms with Crippen LogP contribution in [0.25, 0.3) is 0 Å². The zero-order chi connectivity index (χ0) is 21.6. The maximum atomic E-state index is 12.3. The van der Waals surface area contributed by atoms with Crippen molar-refractivity contribution in [2.45, 2.75) is 0 Å². The van der Waals surface area contributed by atoms with Gasteiger partial charge in [0.25, 0.3) is 5.91 Å². The van der Waals surface area contributed by atoms with Crippen LogP contribution in [-0.2, 0) is 14.8 Å². The number of benzene rings is 2. The number of amides is 1. The highest BCUT2D eigenvalue weighted by Crippen LogP contribution is 2.33. The number of rotatable bonds is 8. The van der Waals surface area contributed by atoms with Gasteiger partial charge >= 0.3 is 0 Å². The van der Waals surface area contributed by atoms with Crippen molar-refractivity contribution in [1.29, 1.82) is 0 Å². The third kappa shape index (κ3) is 6.25. The number of ether oxygens (including phenoxy) is 2. The minimum Gasteiger partial charge on any atom is -0.497 e. The topological polar surface area (TPSA) is 97.3 Å². The first-order valence-electron chi connectivity index (χ1n) is 8.12. The Bertz CT molecular complexity index is 1030. The highest BCUT2D eigenvalue weighted by atomic mass is 35.5. The maximum absolute atomic E-state index is 12.3. The molecular formula is C18H19Cl2N3O5S. The van der Waals surface area contributed by atoms with E-state index < -0.39 is 22.5 Å². The van der Waals surface area contributed by atoms with Crippen molar-refractivity contribution in [2.24, 2.45) is 5.10 Å². The van der Waals surface area contributed by atoms with E-state index in [0.717, 1.165) is 10.6 Å². The molecule has 1 amide bonds. The van der Waals surface area contributed by atoms with Gasteiger partial charge in [0.1, 0.15) is 18.0 Å². The second kappa shape index (κ2) is 9.82. The molecule has 156 valence electrons. The van der Waals surface area contributed by atoms with Gasteiger partial charge in [0.2, 0.25) is 10.0 Å². The molecule has 11 heteroatoms. The fourth-order valence-electron chi connectivity index (χ4n) is 2.32. The number of halogens is 2. The standard InChI is InChI=1S/C18H19Cl2N3O5S/c1-27-14-6-7-16(17(9-14)28-2)23(29(3,25)26)11-18(24)22-21-10-12-4-5-13(19)8-15(12)20/h4-10H,11H2,1-3H3,(H,22,24)/b21-10-. The molecule has 2 aromatic rings. The van der Waals surface area contributed by atoms with Crippen molar-refractivity contribution in [3.8, 4) is 11.5 Å². The normalized spacial score (nSPS) is 11.3. The van der Waals surface area contributed by atoms with E-state index in [-0.39, 0.29) is 11.4 Å². The number of anilines is 1. The van der Waals surface area contributed by atoms with E-state index in [0.29, 0.717) is 21.4 Å². The van der Waals surface area contributed by atoms with E-state index in [9.17, 15) is 13.2 Å². The number of hydrogen-bond acceptors (Lipinski definition) is 6. The molecule has 0 radical (unpaired) electrons. The highest BCUT2D eigenvalue weighted by Gasteiger charge is 2.24. The SMILES string of the molecule is COc1ccc(N(CC(=O)N/N=C\c2ccc(Cl)cc2Cl)S(C)(=O)=O)c(OC)c1. The van der Waals surface area contributed by atoms with Crippen molar-refractivity contribution in [2.75, 3.05) is 31.3 Å². The van der Waals surface area contributed by atoms with Crippen LogP contribution in [0.2, 0.25) is 10.0 Å². The van der Waals surface area contributed by atoms with Gasteiger partial charge in [0, 0.05) is 16.7 Å². The third-order valence-electron chi connectivity index (χ3n) is 3.70. The fourth-order valence-corrected chi connectivity index (χ4v) is 3.64. The molecule has 0 aromatic heterocycles. The Hall–Kier alpha value is -2.49. The number of nitrogens with zero attached hydrogens (tertiary/aromatic N) is 2. The molecule has 0 bridgehead atoms. The van der Waals surface area contributed by atoms with Crippen molar-refractivity contribution in [3.63, 3.8) is 0 Å². The van der Waals surface area contributed by atoms with Crippen molar-refractivity contribution in [1.82, 2.24) is 5.43 Å². The highest BCUT2D eigenvalue weighted by molar-refractivity contribution is 7.92. The summed E-state index contributed by atoms with van der Waals surface area (Å²) in [6.07, 6.45) is 2.32. The van der Waals surface area contributed by atoms with Gasteiger partial charge in [-0.2, -0.15) is 5.10 Å². The first kappa shape index (κ1) is 22.8. The smallest absolute Gasteiger partial charge is 0.260 e. The molecule has 0 atom stereocenters. The van der Waals surface area contributed by atoms with E-state index in [1.165, 1.54) is 38.6 Å². The van der Waals surface area contributed by atoms with Gasteiger partial charge in [-0.3, -0.25) is 9.10 Å². The maximum Gasteiger partial charge on any atom is 0.260 e. The summed E-state index contributed by atoms with van der Waals surface area (Å²) in [5.74, 6) is 0.0570. The summed E-state index contributed by atoms with van der Waals surface area (Å²) in [6, 6.07) is 9.36. The van der Waals surface area contributed by atoms with Gasteiger partial charge in [-0.25, -0.2) is 13.8 Å². The quantitative estimate of drug-likeness (QED) is 0.483. The molecule has 0 unspecified atom stereocenters. The summed E-state index contributed by atoms with van der Waals surface area (Å²) in [5.41, 5.74) is 3.00. The predicted octanol–water partition coefficient (Wildman–Crippen LogP) is 2.93. The second-order valence-electron chi connectivity index (χ2n) is 5.77. The monoisotopic (exact) mass is 459 g/mol. The molecule has 0 heterocycles. The average Bonchev–Trinajstić information content (AvgIpc) is 2.66. The second-order valence-corrected chi connectivity index (χ2v) is 8.52. The predicted molar refractivity (Wildman–Crippen MR) is 114 cm³/mol. The van der Waals surface area contributed by atoms with Crippen LogP contribution < -0.4 is 19.2 Å². The zero-order valence-electron chi connectivity index (χ0n) is 15.8. The van der Waals surface area contributed by atoms with E-state index in [1.54, 1.807) is 18.2 Å². The molecule has 2 aromatic carbocycles. The van der Waals surface area contributed by atoms with Crippen LogP contribution in [0, 0.1) is 0 Å². The van der Waals surface area contributed by atoms with Gasteiger partial charge in [0.05, 0.1) is 37.4 Å². The lowest BCUT2D eigenvalue weighted by Crippen LogP contribution is -2.39. The summed E-state index contributed by atoms with van der Waals surface area (Å²) in [7, 11) is -0.929. The molecule has 0 spiro atoms. The number of sulfonamides is 1. The molecule has 29 heavy (non-hydrogen) atoms. The summed E-state index contributed by atoms with van der Waals surface area (Å²) < 4.78 is 35.8. The van der Waals surface area contributed by atoms with Crippen LogP contribution >= 0.6 is 23.2 Å². The van der Waals surface area contributed by atoms with E-state index >= 15 is 0 Å². The largest absolute Gasteiger partial charge is 0.497 e. The van der Waals surface area contributed by atoms with Gasteiger partial charge in [-0.05, 0) is 24.3 Å². The Balaban J connectivity index is 2.19. The molecule has 8 nitrogen and oxygen atoms in total. The van der Waals surface area contributed by atoms with Gasteiger partial charge in [-0.1, -0.05) is 29.3 Å². The number of hydrogen-bond donors (Lipinski definition) is 1. The number of carbonyl (C=O) groups is 1. The fraction of sp³-hybridized carbons (Fsp3) is 0.222. The van der Waals surface area contributed by atoms with Crippen LogP contribution in [0.1, 0.15) is 5.56 Å². The minimum atomic E-state index is -3.79. The molecule has 0 saturated heterocycles. The number of nitrogens with one attached hydrogen (secondary N) is 1. The number of methoxy groups -OCH3 is 2. The van der Waals surface area contributed by atoms with Crippen LogP contribution in [0.4, 0.5) is 5.69 Å². The minimum absolute atomic E-state index is 0.190. The van der Waals surface area contributed by atoms with Crippen molar-refractivity contribution < 1.29 is 22.7 Å². The first-order chi connectivity index (χ1) is 13.7. The first-order valence-corrected chi connectivity index (χ1v) is 10.7. The van der Waals surface area contributed by atoms with E-state index in [4.69, 9.17) is 32.7 Å². The lowest BCUT2D eigenvalue weighted by molar-refractivity contribution is -0.119. The van der Waals surface area contributed by atoms with Crippen LogP contribution in [0.3, 0.4) is 0 Å². The molecule has 0 aliphatic carbocycles. The van der Waals surface area contributed by atoms with Crippen molar-refractivity contribution >= 4 is 51.0 Å². The number of carbonyl (C=O) groups excluding carboxylic acids is 1. The van der Waals surface area contributed by atoms with E-state index in [1.807, 2.05) is 0 Å². The Kier molecular flexibility index (Phi) is 7.72. The zero-order valence-corrected chi connectivity index (χ0v) is 18.2. The summed E-state index contributed by atoms with van der Waals surface area (Å²) in [5, 5.41) is 4.63. The molecule has 0 saturated carbocycles. The Morgan fingerprint density at radius 3 is 2.48 bits per heavy atom. The Labute approximate surface area is 179 Å². The number of hydrazone groups is 1. The summed E-state index contributed by atoms with van der Waals surface area (Å²) in [6.45, 7) is -0.507. The molecule has 0 fully saturated rings. The third-order valence-corrected chi connectivity index (χ3v) is 5.39. The van der Waals surface area contributed by atoms with Crippen LogP contribution in [0.5, 0.6) is 11.5 Å². The molecular weight excluding hydrogens is 441 g/mol.